The summed E-state index contributed by atoms with van der Waals surface area (Å²) in [6.45, 7) is 6.60. The molecule has 6 heteroatoms. The second kappa shape index (κ2) is 9.75. The number of nitro benzene ring substituents is 1. The van der Waals surface area contributed by atoms with E-state index >= 15 is 0 Å². The lowest BCUT2D eigenvalue weighted by Gasteiger charge is -2.46. The van der Waals surface area contributed by atoms with Crippen LogP contribution in [-0.4, -0.2) is 60.1 Å². The van der Waals surface area contributed by atoms with Crippen molar-refractivity contribution in [2.24, 2.45) is 11.8 Å². The van der Waals surface area contributed by atoms with Crippen LogP contribution in [0, 0.1) is 22.0 Å². The molecule has 32 heavy (non-hydrogen) atoms. The van der Waals surface area contributed by atoms with Gasteiger partial charge in [-0.05, 0) is 75.4 Å². The lowest BCUT2D eigenvalue weighted by atomic mass is 9.69. The van der Waals surface area contributed by atoms with Crippen LogP contribution in [0.15, 0.2) is 48.3 Å². The van der Waals surface area contributed by atoms with Crippen LogP contribution in [-0.2, 0) is 4.74 Å². The monoisotopic (exact) mass is 437 g/mol. The molecular weight excluding hydrogens is 402 g/mol. The number of ether oxygens (including phenoxy) is 1. The van der Waals surface area contributed by atoms with E-state index in [0.29, 0.717) is 23.8 Å². The van der Waals surface area contributed by atoms with Crippen molar-refractivity contribution in [1.82, 2.24) is 9.80 Å². The van der Waals surface area contributed by atoms with Gasteiger partial charge in [0.2, 0.25) is 0 Å². The molecule has 4 aliphatic rings. The molecule has 0 radical (unpaired) electrons. The minimum absolute atomic E-state index is 0.166. The first-order chi connectivity index (χ1) is 15.7. The number of non-ortho nitro benzene ring substituents is 1. The van der Waals surface area contributed by atoms with Crippen LogP contribution in [0.25, 0.3) is 0 Å². The Morgan fingerprint density at radius 1 is 1.03 bits per heavy atom. The number of allylic oxidation sites excluding steroid dienone is 2. The first-order valence-electron chi connectivity index (χ1n) is 12.4. The van der Waals surface area contributed by atoms with E-state index in [-0.39, 0.29) is 10.6 Å². The minimum Gasteiger partial charge on any atom is -0.494 e. The van der Waals surface area contributed by atoms with Crippen molar-refractivity contribution in [1.29, 1.82) is 0 Å². The zero-order valence-electron chi connectivity index (χ0n) is 18.9. The maximum Gasteiger partial charge on any atom is 0.269 e. The van der Waals surface area contributed by atoms with Crippen molar-refractivity contribution in [2.75, 3.05) is 39.3 Å². The highest BCUT2D eigenvalue weighted by Crippen LogP contribution is 2.46. The highest BCUT2D eigenvalue weighted by molar-refractivity contribution is 5.37. The largest absolute Gasteiger partial charge is 0.494 e. The summed E-state index contributed by atoms with van der Waals surface area (Å²) < 4.78 is 6.21. The van der Waals surface area contributed by atoms with Gasteiger partial charge in [-0.3, -0.25) is 15.0 Å². The predicted octanol–water partition coefficient (Wildman–Crippen LogP) is 4.74. The maximum atomic E-state index is 11.1. The molecule has 0 aromatic heterocycles. The first-order valence-corrected chi connectivity index (χ1v) is 12.4. The van der Waals surface area contributed by atoms with E-state index in [2.05, 4.69) is 28.0 Å². The molecule has 1 aromatic carbocycles. The molecule has 0 N–H and O–H groups in total. The van der Waals surface area contributed by atoms with E-state index in [1.807, 2.05) is 12.1 Å². The molecule has 1 aromatic rings. The Hall–Kier alpha value is -2.18. The van der Waals surface area contributed by atoms with Gasteiger partial charge in [0.05, 0.1) is 11.5 Å². The fourth-order valence-corrected chi connectivity index (χ4v) is 6.28. The molecule has 4 unspecified atom stereocenters. The zero-order valence-corrected chi connectivity index (χ0v) is 18.9. The molecule has 5 rings (SSSR count). The Labute approximate surface area is 191 Å². The van der Waals surface area contributed by atoms with E-state index in [1.54, 1.807) is 12.1 Å². The van der Waals surface area contributed by atoms with Crippen LogP contribution in [0.3, 0.4) is 0 Å². The normalized spacial score (nSPS) is 30.4. The number of nitrogens with zero attached hydrogens (tertiary/aromatic N) is 3. The average Bonchev–Trinajstić information content (AvgIpc) is 3.31. The topological polar surface area (TPSA) is 58.9 Å². The van der Waals surface area contributed by atoms with E-state index in [4.69, 9.17) is 4.74 Å². The second-order valence-electron chi connectivity index (χ2n) is 9.85. The van der Waals surface area contributed by atoms with Crippen LogP contribution >= 0.6 is 0 Å². The van der Waals surface area contributed by atoms with E-state index in [1.165, 1.54) is 50.8 Å². The van der Waals surface area contributed by atoms with Gasteiger partial charge in [0.15, 0.2) is 0 Å². The number of likely N-dealkylation sites (tertiary alicyclic amines) is 1. The molecule has 3 heterocycles. The van der Waals surface area contributed by atoms with Gasteiger partial charge in [-0.15, -0.1) is 0 Å². The van der Waals surface area contributed by atoms with Gasteiger partial charge in [0.25, 0.3) is 5.69 Å². The van der Waals surface area contributed by atoms with Gasteiger partial charge in [-0.1, -0.05) is 24.6 Å². The Kier molecular flexibility index (Phi) is 6.60. The zero-order chi connectivity index (χ0) is 21.9. The summed E-state index contributed by atoms with van der Waals surface area (Å²) in [5.74, 6) is 2.27. The van der Waals surface area contributed by atoms with Gasteiger partial charge in [0, 0.05) is 43.1 Å². The Bertz CT molecular complexity index is 860. The molecule has 0 amide bonds. The molecule has 172 valence electrons. The molecule has 1 aliphatic carbocycles. The third-order valence-electron chi connectivity index (χ3n) is 7.91. The van der Waals surface area contributed by atoms with Crippen molar-refractivity contribution in [2.45, 2.75) is 50.5 Å². The molecular formula is C26H35N3O3. The lowest BCUT2D eigenvalue weighted by molar-refractivity contribution is -0.384. The van der Waals surface area contributed by atoms with Crippen molar-refractivity contribution in [3.8, 4) is 0 Å². The Morgan fingerprint density at radius 3 is 2.62 bits per heavy atom. The fraction of sp³-hybridized carbons (Fsp3) is 0.615. The molecule has 0 bridgehead atoms. The summed E-state index contributed by atoms with van der Waals surface area (Å²) in [5.41, 5.74) is 1.37. The van der Waals surface area contributed by atoms with E-state index in [9.17, 15) is 10.1 Å². The van der Waals surface area contributed by atoms with Crippen LogP contribution in [0.5, 0.6) is 0 Å². The third kappa shape index (κ3) is 4.62. The van der Waals surface area contributed by atoms with Gasteiger partial charge in [-0.25, -0.2) is 0 Å². The summed E-state index contributed by atoms with van der Waals surface area (Å²) >= 11 is 0. The number of hydrogen-bond acceptors (Lipinski definition) is 5. The Balaban J connectivity index is 1.24. The first kappa shape index (κ1) is 21.7. The number of rotatable bonds is 7. The number of hydrogen-bond donors (Lipinski definition) is 0. The molecule has 3 fully saturated rings. The summed E-state index contributed by atoms with van der Waals surface area (Å²) in [4.78, 5) is 16.0. The van der Waals surface area contributed by atoms with Crippen molar-refractivity contribution in [3.63, 3.8) is 0 Å². The summed E-state index contributed by atoms with van der Waals surface area (Å²) in [5, 5.41) is 11.1. The lowest BCUT2D eigenvalue weighted by Crippen LogP contribution is -2.48. The Morgan fingerprint density at radius 2 is 1.84 bits per heavy atom. The molecule has 3 aliphatic heterocycles. The summed E-state index contributed by atoms with van der Waals surface area (Å²) in [6.07, 6.45) is 14.6. The van der Waals surface area contributed by atoms with Gasteiger partial charge < -0.3 is 9.64 Å². The number of nitro groups is 1. The molecule has 6 nitrogen and oxygen atoms in total. The fourth-order valence-electron chi connectivity index (χ4n) is 6.28. The quantitative estimate of drug-likeness (QED) is 0.350. The highest BCUT2D eigenvalue weighted by Gasteiger charge is 2.45. The van der Waals surface area contributed by atoms with Gasteiger partial charge in [-0.2, -0.15) is 0 Å². The summed E-state index contributed by atoms with van der Waals surface area (Å²) in [6, 6.07) is 7.81. The molecule has 0 saturated carbocycles. The van der Waals surface area contributed by atoms with E-state index < -0.39 is 0 Å². The van der Waals surface area contributed by atoms with Crippen molar-refractivity contribution in [3.05, 3.63) is 63.9 Å². The van der Waals surface area contributed by atoms with E-state index in [0.717, 1.165) is 38.4 Å². The van der Waals surface area contributed by atoms with Gasteiger partial charge >= 0.3 is 0 Å². The number of benzene rings is 1. The maximum absolute atomic E-state index is 11.1. The molecule has 3 saturated heterocycles. The molecule has 4 atom stereocenters. The standard InChI is InChI=1S/C26H35N3O3/c30-29(31)21-9-7-20(8-10-21)25-19-28-16-4-6-26(28)24-18-22(11-12-23(24)25)32-17-5-15-27-13-2-1-3-14-27/h7-12,18,23-26H,1-6,13-17,19H2. The SMILES string of the molecule is O=[N+]([O-])c1ccc(C2CN3CCCC3C3C=C(OCCCN4CCCCC4)C=CC23)cc1. The van der Waals surface area contributed by atoms with Crippen LogP contribution in [0.1, 0.15) is 50.0 Å². The van der Waals surface area contributed by atoms with Crippen LogP contribution < -0.4 is 0 Å². The van der Waals surface area contributed by atoms with Crippen LogP contribution in [0.2, 0.25) is 0 Å². The predicted molar refractivity (Wildman–Crippen MR) is 125 cm³/mol. The number of piperidine rings is 2. The molecule has 0 spiro atoms. The third-order valence-corrected chi connectivity index (χ3v) is 7.91. The van der Waals surface area contributed by atoms with Crippen LogP contribution in [0.4, 0.5) is 5.69 Å². The number of fused-ring (bicyclic) bond motifs is 3. The highest BCUT2D eigenvalue weighted by atomic mass is 16.6. The van der Waals surface area contributed by atoms with Gasteiger partial charge in [0.1, 0.15) is 5.76 Å². The minimum atomic E-state index is -0.317. The van der Waals surface area contributed by atoms with Crippen molar-refractivity contribution < 1.29 is 9.66 Å². The average molecular weight is 438 g/mol. The van der Waals surface area contributed by atoms with Crippen molar-refractivity contribution >= 4 is 5.69 Å². The second-order valence-corrected chi connectivity index (χ2v) is 9.85. The smallest absolute Gasteiger partial charge is 0.269 e. The summed E-state index contributed by atoms with van der Waals surface area (Å²) in [7, 11) is 0.